The fourth-order valence-electron chi connectivity index (χ4n) is 1.70. The molecular weight excluding hydrogens is 472 g/mol. The van der Waals surface area contributed by atoms with Crippen molar-refractivity contribution in [1.82, 2.24) is 4.90 Å². The Kier molecular flexibility index (Phi) is 7.32. The molecule has 0 fully saturated rings. The maximum Gasteiger partial charge on any atom is 0.307 e. The molecule has 1 atom stereocenters. The summed E-state index contributed by atoms with van der Waals surface area (Å²) in [6.45, 7) is 2.04. The Morgan fingerprint density at radius 1 is 1.29 bits per heavy atom. The minimum atomic E-state index is -0.874. The number of nitrogens with one attached hydrogen (secondary N) is 1. The Morgan fingerprint density at radius 3 is 2.29 bits per heavy atom. The highest BCUT2D eigenvalue weighted by Gasteiger charge is 2.16. The lowest BCUT2D eigenvalue weighted by molar-refractivity contribution is -0.141. The number of anilines is 1. The smallest absolute Gasteiger partial charge is 0.307 e. The number of hydrogen-bond donors (Lipinski definition) is 2. The maximum absolute atomic E-state index is 12.0. The monoisotopic (exact) mass is 484 g/mol. The number of rotatable bonds is 6. The van der Waals surface area contributed by atoms with Gasteiger partial charge in [0, 0.05) is 20.0 Å². The molecule has 1 amide bonds. The van der Waals surface area contributed by atoms with Gasteiger partial charge in [0.25, 0.3) is 0 Å². The van der Waals surface area contributed by atoms with Crippen molar-refractivity contribution in [2.75, 3.05) is 25.5 Å². The molecule has 116 valence electrons. The number of amides is 1. The molecule has 0 saturated heterocycles. The first-order valence-corrected chi connectivity index (χ1v) is 8.44. The molecule has 0 radical (unpaired) electrons. The summed E-state index contributed by atoms with van der Waals surface area (Å²) in [4.78, 5) is 24.5. The van der Waals surface area contributed by atoms with Crippen LogP contribution in [0.25, 0.3) is 0 Å². The lowest BCUT2D eigenvalue weighted by atomic mass is 10.2. The van der Waals surface area contributed by atoms with Gasteiger partial charge in [-0.2, -0.15) is 0 Å². The van der Waals surface area contributed by atoms with Crippen LogP contribution in [-0.2, 0) is 9.59 Å². The third kappa shape index (κ3) is 6.06. The van der Waals surface area contributed by atoms with Crippen LogP contribution in [0, 0.1) is 5.92 Å². The van der Waals surface area contributed by atoms with E-state index in [2.05, 4.69) is 53.1 Å². The average Bonchev–Trinajstić information content (AvgIpc) is 2.33. The number of carbonyl (C=O) groups is 2. The minimum absolute atomic E-state index is 0.118. The predicted octanol–water partition coefficient (Wildman–Crippen LogP) is 3.57. The van der Waals surface area contributed by atoms with E-state index in [9.17, 15) is 9.59 Å². The number of likely N-dealkylation sites (N-methyl/N-ethyl adjacent to an activating group) is 1. The summed E-state index contributed by atoms with van der Waals surface area (Å²) in [7, 11) is 1.71. The molecule has 0 aromatic heterocycles. The molecule has 21 heavy (non-hydrogen) atoms. The molecule has 0 saturated carbocycles. The molecule has 1 rings (SSSR count). The molecule has 8 heteroatoms. The van der Waals surface area contributed by atoms with Crippen molar-refractivity contribution in [3.05, 3.63) is 25.6 Å². The summed E-state index contributed by atoms with van der Waals surface area (Å²) in [5, 5.41) is 11.7. The van der Waals surface area contributed by atoms with E-state index in [1.54, 1.807) is 18.9 Å². The van der Waals surface area contributed by atoms with Gasteiger partial charge in [0.15, 0.2) is 0 Å². The van der Waals surface area contributed by atoms with E-state index in [0.29, 0.717) is 12.2 Å². The zero-order valence-corrected chi connectivity index (χ0v) is 16.2. The van der Waals surface area contributed by atoms with Gasteiger partial charge in [-0.05, 0) is 51.0 Å². The number of benzene rings is 1. The van der Waals surface area contributed by atoms with Crippen LogP contribution in [0.3, 0.4) is 0 Å². The van der Waals surface area contributed by atoms with Gasteiger partial charge in [-0.1, -0.05) is 22.9 Å². The normalized spacial score (nSPS) is 12.3. The number of nitrogens with zero attached hydrogens (tertiary/aromatic N) is 1. The van der Waals surface area contributed by atoms with Crippen molar-refractivity contribution in [1.29, 1.82) is 0 Å². The van der Waals surface area contributed by atoms with Crippen molar-refractivity contribution >= 4 is 65.4 Å². The summed E-state index contributed by atoms with van der Waals surface area (Å²) in [5.41, 5.74) is 0.642. The largest absolute Gasteiger partial charge is 0.481 e. The number of carboxylic acid groups (broad SMARTS) is 1. The van der Waals surface area contributed by atoms with E-state index in [0.717, 1.165) is 13.4 Å². The highest BCUT2D eigenvalue weighted by atomic mass is 79.9. The van der Waals surface area contributed by atoms with Gasteiger partial charge < -0.3 is 10.4 Å². The Labute approximate surface area is 148 Å². The van der Waals surface area contributed by atoms with Crippen molar-refractivity contribution in [2.24, 2.45) is 5.92 Å². The number of halogens is 3. The van der Waals surface area contributed by atoms with Crippen LogP contribution in [0.4, 0.5) is 5.69 Å². The van der Waals surface area contributed by atoms with Crippen LogP contribution in [0.1, 0.15) is 6.92 Å². The van der Waals surface area contributed by atoms with Crippen LogP contribution in [0.2, 0.25) is 0 Å². The Bertz CT molecular complexity index is 528. The molecule has 5 nitrogen and oxygen atoms in total. The number of carboxylic acids is 1. The number of carbonyl (C=O) groups excluding carboxylic acids is 1. The highest BCUT2D eigenvalue weighted by molar-refractivity contribution is 9.11. The van der Waals surface area contributed by atoms with E-state index in [4.69, 9.17) is 5.11 Å². The van der Waals surface area contributed by atoms with Crippen molar-refractivity contribution in [3.63, 3.8) is 0 Å². The first kappa shape index (κ1) is 18.6. The molecule has 0 aliphatic rings. The van der Waals surface area contributed by atoms with Gasteiger partial charge in [0.2, 0.25) is 5.91 Å². The van der Waals surface area contributed by atoms with Crippen molar-refractivity contribution in [2.45, 2.75) is 6.92 Å². The molecule has 0 spiro atoms. The SMILES string of the molecule is CC(CN(C)CC(=O)Nc1c(Br)cc(Br)cc1Br)C(=O)O. The molecule has 1 unspecified atom stereocenters. The van der Waals surface area contributed by atoms with E-state index in [1.165, 1.54) is 0 Å². The summed E-state index contributed by atoms with van der Waals surface area (Å²) in [5.74, 6) is -1.60. The second-order valence-electron chi connectivity index (χ2n) is 4.73. The van der Waals surface area contributed by atoms with Gasteiger partial charge in [0.05, 0.1) is 18.2 Å². The van der Waals surface area contributed by atoms with Gasteiger partial charge in [0.1, 0.15) is 0 Å². The highest BCUT2D eigenvalue weighted by Crippen LogP contribution is 2.34. The van der Waals surface area contributed by atoms with Crippen LogP contribution in [0.15, 0.2) is 25.6 Å². The molecule has 0 heterocycles. The molecule has 0 bridgehead atoms. The summed E-state index contributed by atoms with van der Waals surface area (Å²) in [6, 6.07) is 3.66. The molecule has 1 aromatic rings. The number of aliphatic carboxylic acids is 1. The molecular formula is C13H15Br3N2O3. The van der Waals surface area contributed by atoms with Crippen LogP contribution < -0.4 is 5.32 Å². The summed E-state index contributed by atoms with van der Waals surface area (Å²) in [6.07, 6.45) is 0. The first-order chi connectivity index (χ1) is 9.70. The Hall–Kier alpha value is -0.440. The standard InChI is InChI=1S/C13H15Br3N2O3/c1-7(13(20)21)5-18(2)6-11(19)17-12-9(15)3-8(14)4-10(12)16/h3-4,7H,5-6H2,1-2H3,(H,17,19)(H,20,21). The zero-order valence-electron chi connectivity index (χ0n) is 11.5. The topological polar surface area (TPSA) is 69.6 Å². The quantitative estimate of drug-likeness (QED) is 0.645. The molecule has 1 aromatic carbocycles. The first-order valence-electron chi connectivity index (χ1n) is 6.06. The second kappa shape index (κ2) is 8.26. The van der Waals surface area contributed by atoms with Crippen molar-refractivity contribution < 1.29 is 14.7 Å². The maximum atomic E-state index is 12.0. The third-order valence-corrected chi connectivity index (χ3v) is 4.40. The van der Waals surface area contributed by atoms with Gasteiger partial charge in [-0.3, -0.25) is 14.5 Å². The Balaban J connectivity index is 2.64. The van der Waals surface area contributed by atoms with E-state index in [1.807, 2.05) is 12.1 Å². The second-order valence-corrected chi connectivity index (χ2v) is 7.35. The summed E-state index contributed by atoms with van der Waals surface area (Å²) < 4.78 is 2.38. The minimum Gasteiger partial charge on any atom is -0.481 e. The number of hydrogen-bond acceptors (Lipinski definition) is 3. The molecule has 0 aliphatic carbocycles. The fourth-order valence-corrected chi connectivity index (χ4v) is 4.15. The molecule has 2 N–H and O–H groups in total. The average molecular weight is 487 g/mol. The third-order valence-electron chi connectivity index (χ3n) is 2.69. The molecule has 0 aliphatic heterocycles. The summed E-state index contributed by atoms with van der Waals surface area (Å²) >= 11 is 10.1. The van der Waals surface area contributed by atoms with Gasteiger partial charge >= 0.3 is 5.97 Å². The predicted molar refractivity (Wildman–Crippen MR) is 92.5 cm³/mol. The van der Waals surface area contributed by atoms with Crippen molar-refractivity contribution in [3.8, 4) is 0 Å². The van der Waals surface area contributed by atoms with Crippen LogP contribution in [0.5, 0.6) is 0 Å². The van der Waals surface area contributed by atoms with E-state index >= 15 is 0 Å². The lowest BCUT2D eigenvalue weighted by Crippen LogP contribution is -2.35. The van der Waals surface area contributed by atoms with Gasteiger partial charge in [-0.25, -0.2) is 0 Å². The zero-order chi connectivity index (χ0) is 16.2. The lowest BCUT2D eigenvalue weighted by Gasteiger charge is -2.19. The fraction of sp³-hybridized carbons (Fsp3) is 0.385. The van der Waals surface area contributed by atoms with Gasteiger partial charge in [-0.15, -0.1) is 0 Å². The van der Waals surface area contributed by atoms with Crippen LogP contribution in [-0.4, -0.2) is 42.0 Å². The van der Waals surface area contributed by atoms with E-state index in [-0.39, 0.29) is 12.5 Å². The Morgan fingerprint density at radius 2 is 1.81 bits per heavy atom. The van der Waals surface area contributed by atoms with E-state index < -0.39 is 11.9 Å². The van der Waals surface area contributed by atoms with Crippen LogP contribution >= 0.6 is 47.8 Å².